The Morgan fingerprint density at radius 1 is 1.12 bits per heavy atom. The van der Waals surface area contributed by atoms with Gasteiger partial charge in [0.15, 0.2) is 0 Å². The fourth-order valence-electron chi connectivity index (χ4n) is 2.55. The summed E-state index contributed by atoms with van der Waals surface area (Å²) < 4.78 is 26.6. The molecule has 0 aliphatic heterocycles. The van der Waals surface area contributed by atoms with E-state index in [1.807, 2.05) is 0 Å². The molecule has 1 saturated carbocycles. The summed E-state index contributed by atoms with van der Waals surface area (Å²) in [5.74, 6) is -0.420. The monoisotopic (exact) mass is 258 g/mol. The van der Waals surface area contributed by atoms with Crippen LogP contribution < -0.4 is 0 Å². The molecule has 2 atom stereocenters. The second-order valence-electron chi connectivity index (χ2n) is 4.85. The normalized spacial score (nSPS) is 25.6. The van der Waals surface area contributed by atoms with Crippen molar-refractivity contribution in [1.29, 1.82) is 0 Å². The molecule has 1 fully saturated rings. The summed E-state index contributed by atoms with van der Waals surface area (Å²) >= 11 is 6.31. The Balaban J connectivity index is 2.10. The summed E-state index contributed by atoms with van der Waals surface area (Å²) in [5, 5.41) is 0.0974. The van der Waals surface area contributed by atoms with Crippen molar-refractivity contribution in [2.45, 2.75) is 43.9 Å². The highest BCUT2D eigenvalue weighted by molar-refractivity contribution is 6.20. The van der Waals surface area contributed by atoms with Crippen molar-refractivity contribution in [3.05, 3.63) is 35.4 Å². The highest BCUT2D eigenvalue weighted by atomic mass is 35.5. The molecule has 1 aromatic rings. The Morgan fingerprint density at radius 3 is 2.71 bits per heavy atom. The minimum absolute atomic E-state index is 0.0974. The average Bonchev–Trinajstić information content (AvgIpc) is 2.50. The third-order valence-electron chi connectivity index (χ3n) is 3.56. The van der Waals surface area contributed by atoms with E-state index < -0.39 is 0 Å². The van der Waals surface area contributed by atoms with E-state index in [0.717, 1.165) is 31.7 Å². The topological polar surface area (TPSA) is 0 Å². The second-order valence-corrected chi connectivity index (χ2v) is 5.41. The highest BCUT2D eigenvalue weighted by Gasteiger charge is 2.23. The van der Waals surface area contributed by atoms with E-state index in [2.05, 4.69) is 0 Å². The molecule has 0 aromatic heterocycles. The molecule has 0 heterocycles. The van der Waals surface area contributed by atoms with Gasteiger partial charge in [0, 0.05) is 5.38 Å². The molecule has 0 amide bonds. The first-order valence-electron chi connectivity index (χ1n) is 6.25. The second kappa shape index (κ2) is 5.81. The molecular weight excluding hydrogens is 242 g/mol. The van der Waals surface area contributed by atoms with Crippen LogP contribution in [0.2, 0.25) is 0 Å². The van der Waals surface area contributed by atoms with Gasteiger partial charge in [0.2, 0.25) is 0 Å². The van der Waals surface area contributed by atoms with Gasteiger partial charge in [-0.25, -0.2) is 8.78 Å². The third kappa shape index (κ3) is 3.41. The van der Waals surface area contributed by atoms with Crippen LogP contribution in [0.25, 0.3) is 0 Å². The van der Waals surface area contributed by atoms with Crippen molar-refractivity contribution < 1.29 is 8.78 Å². The summed E-state index contributed by atoms with van der Waals surface area (Å²) in [6.45, 7) is 0. The van der Waals surface area contributed by atoms with Crippen molar-refractivity contribution in [1.82, 2.24) is 0 Å². The Labute approximate surface area is 106 Å². The number of hydrogen-bond acceptors (Lipinski definition) is 0. The molecule has 0 bridgehead atoms. The van der Waals surface area contributed by atoms with E-state index in [0.29, 0.717) is 12.0 Å². The van der Waals surface area contributed by atoms with Crippen LogP contribution >= 0.6 is 11.6 Å². The van der Waals surface area contributed by atoms with Crippen LogP contribution in [-0.4, -0.2) is 5.38 Å². The molecule has 3 heteroatoms. The summed E-state index contributed by atoms with van der Waals surface area (Å²) in [6, 6.07) is 3.65. The van der Waals surface area contributed by atoms with Crippen molar-refractivity contribution in [3.8, 4) is 0 Å². The zero-order valence-electron chi connectivity index (χ0n) is 9.76. The van der Waals surface area contributed by atoms with Crippen LogP contribution in [0.4, 0.5) is 8.78 Å². The Morgan fingerprint density at radius 2 is 1.88 bits per heavy atom. The van der Waals surface area contributed by atoms with Crippen molar-refractivity contribution in [3.63, 3.8) is 0 Å². The first-order valence-corrected chi connectivity index (χ1v) is 6.68. The van der Waals surface area contributed by atoms with Gasteiger partial charge in [0.1, 0.15) is 11.6 Å². The van der Waals surface area contributed by atoms with Gasteiger partial charge in [-0.15, -0.1) is 11.6 Å². The van der Waals surface area contributed by atoms with Gasteiger partial charge >= 0.3 is 0 Å². The van der Waals surface area contributed by atoms with E-state index in [1.165, 1.54) is 18.6 Å². The Bertz CT molecular complexity index is 378. The highest BCUT2D eigenvalue weighted by Crippen LogP contribution is 2.30. The molecule has 0 saturated heterocycles. The van der Waals surface area contributed by atoms with Gasteiger partial charge in [0.25, 0.3) is 0 Å². The third-order valence-corrected chi connectivity index (χ3v) is 4.13. The summed E-state index contributed by atoms with van der Waals surface area (Å²) in [7, 11) is 0. The van der Waals surface area contributed by atoms with E-state index in [4.69, 9.17) is 11.6 Å². The molecule has 2 rings (SSSR count). The van der Waals surface area contributed by atoms with Gasteiger partial charge in [0.05, 0.1) is 0 Å². The maximum atomic E-state index is 13.5. The van der Waals surface area contributed by atoms with Crippen LogP contribution in [0.5, 0.6) is 0 Å². The molecule has 0 spiro atoms. The molecule has 1 aliphatic rings. The summed E-state index contributed by atoms with van der Waals surface area (Å²) in [5.41, 5.74) is 0.461. The van der Waals surface area contributed by atoms with Crippen LogP contribution in [0.15, 0.2) is 18.2 Å². The molecule has 0 radical (unpaired) electrons. The van der Waals surface area contributed by atoms with Gasteiger partial charge in [-0.2, -0.15) is 0 Å². The molecule has 94 valence electrons. The molecule has 17 heavy (non-hydrogen) atoms. The number of halogens is 3. The van der Waals surface area contributed by atoms with Gasteiger partial charge < -0.3 is 0 Å². The SMILES string of the molecule is Fc1ccc(F)c(CC2CCCCCC2Cl)c1. The first-order chi connectivity index (χ1) is 8.16. The van der Waals surface area contributed by atoms with Gasteiger partial charge in [-0.1, -0.05) is 19.3 Å². The molecule has 1 aliphatic carbocycles. The molecule has 0 nitrogen and oxygen atoms in total. The fourth-order valence-corrected chi connectivity index (χ4v) is 2.92. The lowest BCUT2D eigenvalue weighted by Gasteiger charge is -2.19. The predicted molar refractivity (Wildman–Crippen MR) is 66.3 cm³/mol. The van der Waals surface area contributed by atoms with E-state index in [9.17, 15) is 8.78 Å². The molecular formula is C14H17ClF2. The molecule has 0 N–H and O–H groups in total. The first kappa shape index (κ1) is 12.8. The Hall–Kier alpha value is -0.630. The smallest absolute Gasteiger partial charge is 0.126 e. The van der Waals surface area contributed by atoms with Crippen molar-refractivity contribution in [2.75, 3.05) is 0 Å². The molecule has 2 unspecified atom stereocenters. The van der Waals surface area contributed by atoms with Crippen LogP contribution in [0.3, 0.4) is 0 Å². The zero-order valence-corrected chi connectivity index (χ0v) is 10.5. The molecule has 1 aromatic carbocycles. The maximum Gasteiger partial charge on any atom is 0.126 e. The number of benzene rings is 1. The summed E-state index contributed by atoms with van der Waals surface area (Å²) in [6.07, 6.45) is 6.05. The minimum Gasteiger partial charge on any atom is -0.207 e. The van der Waals surface area contributed by atoms with E-state index >= 15 is 0 Å². The van der Waals surface area contributed by atoms with Gasteiger partial charge in [-0.05, 0) is 48.9 Å². The average molecular weight is 259 g/mol. The van der Waals surface area contributed by atoms with Crippen molar-refractivity contribution >= 4 is 11.6 Å². The maximum absolute atomic E-state index is 13.5. The lowest BCUT2D eigenvalue weighted by molar-refractivity contribution is 0.452. The predicted octanol–water partition coefficient (Wildman–Crippen LogP) is 4.70. The van der Waals surface area contributed by atoms with Gasteiger partial charge in [-0.3, -0.25) is 0 Å². The van der Waals surface area contributed by atoms with E-state index in [-0.39, 0.29) is 22.9 Å². The quantitative estimate of drug-likeness (QED) is 0.533. The Kier molecular flexibility index (Phi) is 4.38. The fraction of sp³-hybridized carbons (Fsp3) is 0.571. The van der Waals surface area contributed by atoms with E-state index in [1.54, 1.807) is 0 Å². The van der Waals surface area contributed by atoms with Crippen LogP contribution in [-0.2, 0) is 6.42 Å². The van der Waals surface area contributed by atoms with Crippen LogP contribution in [0.1, 0.15) is 37.7 Å². The zero-order chi connectivity index (χ0) is 12.3. The minimum atomic E-state index is -0.374. The standard InChI is InChI=1S/C14H17ClF2/c15-13-5-3-1-2-4-10(13)8-11-9-12(16)6-7-14(11)17/h6-7,9-10,13H,1-5,8H2. The number of alkyl halides is 1. The number of rotatable bonds is 2. The lowest BCUT2D eigenvalue weighted by atomic mass is 9.92. The lowest BCUT2D eigenvalue weighted by Crippen LogP contribution is -2.16. The largest absolute Gasteiger partial charge is 0.207 e. The number of hydrogen-bond donors (Lipinski definition) is 0. The summed E-state index contributed by atoms with van der Waals surface area (Å²) in [4.78, 5) is 0. The van der Waals surface area contributed by atoms with Crippen molar-refractivity contribution in [2.24, 2.45) is 5.92 Å². The van der Waals surface area contributed by atoms with Crippen LogP contribution in [0, 0.1) is 17.6 Å².